The van der Waals surface area contributed by atoms with E-state index < -0.39 is 0 Å². The SMILES string of the molecule is COC(=O)CCCNC(=O)Cn1cnc2ccccc2c1=O. The molecule has 0 spiro atoms. The molecule has 1 N–H and O–H groups in total. The Morgan fingerprint density at radius 1 is 1.32 bits per heavy atom. The number of para-hydroxylation sites is 1. The van der Waals surface area contributed by atoms with Crippen molar-refractivity contribution < 1.29 is 14.3 Å². The third-order valence-electron chi connectivity index (χ3n) is 3.15. The molecule has 22 heavy (non-hydrogen) atoms. The van der Waals surface area contributed by atoms with E-state index in [2.05, 4.69) is 15.0 Å². The number of amides is 1. The third kappa shape index (κ3) is 3.91. The average Bonchev–Trinajstić information content (AvgIpc) is 2.54. The number of benzene rings is 1. The summed E-state index contributed by atoms with van der Waals surface area (Å²) in [6.07, 6.45) is 2.09. The number of nitrogens with one attached hydrogen (secondary N) is 1. The summed E-state index contributed by atoms with van der Waals surface area (Å²) in [7, 11) is 1.32. The standard InChI is InChI=1S/C15H17N3O4/c1-22-14(20)7-4-8-16-13(19)9-18-10-17-12-6-3-2-5-11(12)15(18)21/h2-3,5-6,10H,4,7-9H2,1H3,(H,16,19). The van der Waals surface area contributed by atoms with E-state index in [0.29, 0.717) is 23.9 Å². The molecule has 0 radical (unpaired) electrons. The van der Waals surface area contributed by atoms with Crippen LogP contribution < -0.4 is 10.9 Å². The first-order chi connectivity index (χ1) is 10.6. The second kappa shape index (κ2) is 7.35. The van der Waals surface area contributed by atoms with Gasteiger partial charge in [-0.1, -0.05) is 12.1 Å². The van der Waals surface area contributed by atoms with Crippen LogP contribution in [0.5, 0.6) is 0 Å². The van der Waals surface area contributed by atoms with E-state index in [4.69, 9.17) is 0 Å². The molecule has 2 rings (SSSR count). The van der Waals surface area contributed by atoms with Crippen LogP contribution in [-0.4, -0.2) is 35.1 Å². The number of aromatic nitrogens is 2. The molecule has 1 aromatic heterocycles. The molecule has 7 heteroatoms. The van der Waals surface area contributed by atoms with Crippen LogP contribution in [0.3, 0.4) is 0 Å². The molecule has 0 saturated carbocycles. The number of fused-ring (bicyclic) bond motifs is 1. The van der Waals surface area contributed by atoms with Crippen LogP contribution in [-0.2, 0) is 20.9 Å². The average molecular weight is 303 g/mol. The third-order valence-corrected chi connectivity index (χ3v) is 3.15. The number of carbonyl (C=O) groups excluding carboxylic acids is 2. The van der Waals surface area contributed by atoms with Gasteiger partial charge in [0, 0.05) is 13.0 Å². The second-order valence-corrected chi connectivity index (χ2v) is 4.72. The van der Waals surface area contributed by atoms with Gasteiger partial charge in [0.2, 0.25) is 5.91 Å². The van der Waals surface area contributed by atoms with Gasteiger partial charge in [0.15, 0.2) is 0 Å². The maximum absolute atomic E-state index is 12.2. The second-order valence-electron chi connectivity index (χ2n) is 4.72. The van der Waals surface area contributed by atoms with Crippen molar-refractivity contribution in [2.75, 3.05) is 13.7 Å². The zero-order valence-corrected chi connectivity index (χ0v) is 12.2. The lowest BCUT2D eigenvalue weighted by molar-refractivity contribution is -0.140. The highest BCUT2D eigenvalue weighted by Crippen LogP contribution is 2.04. The quantitative estimate of drug-likeness (QED) is 0.618. The van der Waals surface area contributed by atoms with Crippen molar-refractivity contribution in [1.82, 2.24) is 14.9 Å². The summed E-state index contributed by atoms with van der Waals surface area (Å²) in [5, 5.41) is 3.13. The first-order valence-corrected chi connectivity index (χ1v) is 6.89. The summed E-state index contributed by atoms with van der Waals surface area (Å²) >= 11 is 0. The lowest BCUT2D eigenvalue weighted by Crippen LogP contribution is -2.33. The number of hydrogen-bond acceptors (Lipinski definition) is 5. The summed E-state index contributed by atoms with van der Waals surface area (Å²) in [5.74, 6) is -0.617. The van der Waals surface area contributed by atoms with Gasteiger partial charge in [0.1, 0.15) is 6.54 Å². The van der Waals surface area contributed by atoms with Crippen LogP contribution >= 0.6 is 0 Å². The number of ether oxygens (including phenoxy) is 1. The molecule has 0 aliphatic heterocycles. The van der Waals surface area contributed by atoms with Gasteiger partial charge in [0.25, 0.3) is 5.56 Å². The van der Waals surface area contributed by atoms with E-state index in [9.17, 15) is 14.4 Å². The predicted octanol–water partition coefficient (Wildman–Crippen LogP) is 0.466. The van der Waals surface area contributed by atoms with Gasteiger partial charge in [0.05, 0.1) is 24.3 Å². The molecule has 0 bridgehead atoms. The molecule has 0 fully saturated rings. The van der Waals surface area contributed by atoms with Gasteiger partial charge >= 0.3 is 5.97 Å². The van der Waals surface area contributed by atoms with Gasteiger partial charge in [-0.25, -0.2) is 4.98 Å². The minimum atomic E-state index is -0.316. The fourth-order valence-corrected chi connectivity index (χ4v) is 1.99. The van der Waals surface area contributed by atoms with Crippen LogP contribution in [0.1, 0.15) is 12.8 Å². The first kappa shape index (κ1) is 15.7. The van der Waals surface area contributed by atoms with Crippen molar-refractivity contribution in [3.05, 3.63) is 40.9 Å². The maximum atomic E-state index is 12.2. The molecule has 0 aliphatic rings. The van der Waals surface area contributed by atoms with Crippen LogP contribution in [0.15, 0.2) is 35.4 Å². The first-order valence-electron chi connectivity index (χ1n) is 6.89. The molecule has 1 aromatic carbocycles. The molecule has 0 unspecified atom stereocenters. The fourth-order valence-electron chi connectivity index (χ4n) is 1.99. The Hall–Kier alpha value is -2.70. The van der Waals surface area contributed by atoms with Crippen molar-refractivity contribution >= 4 is 22.8 Å². The summed E-state index contributed by atoms with van der Waals surface area (Å²) in [4.78, 5) is 39.1. The van der Waals surface area contributed by atoms with Crippen LogP contribution in [0.25, 0.3) is 10.9 Å². The Morgan fingerprint density at radius 2 is 2.09 bits per heavy atom. The molecular weight excluding hydrogens is 286 g/mol. The molecule has 0 atom stereocenters. The largest absolute Gasteiger partial charge is 0.469 e. The Balaban J connectivity index is 1.93. The smallest absolute Gasteiger partial charge is 0.305 e. The van der Waals surface area contributed by atoms with E-state index in [0.717, 1.165) is 0 Å². The highest BCUT2D eigenvalue weighted by molar-refractivity contribution is 5.78. The summed E-state index contributed by atoms with van der Waals surface area (Å²) in [6, 6.07) is 6.97. The molecule has 1 heterocycles. The minimum Gasteiger partial charge on any atom is -0.469 e. The number of carbonyl (C=O) groups is 2. The van der Waals surface area contributed by atoms with E-state index in [1.165, 1.54) is 18.0 Å². The van der Waals surface area contributed by atoms with Crippen LogP contribution in [0, 0.1) is 0 Å². The highest BCUT2D eigenvalue weighted by Gasteiger charge is 2.08. The number of nitrogens with zero attached hydrogens (tertiary/aromatic N) is 2. The van der Waals surface area contributed by atoms with Crippen molar-refractivity contribution in [2.45, 2.75) is 19.4 Å². The van der Waals surface area contributed by atoms with Crippen molar-refractivity contribution in [2.24, 2.45) is 0 Å². The van der Waals surface area contributed by atoms with E-state index in [-0.39, 0.29) is 30.4 Å². The number of esters is 1. The van der Waals surface area contributed by atoms with E-state index >= 15 is 0 Å². The monoisotopic (exact) mass is 303 g/mol. The lowest BCUT2D eigenvalue weighted by atomic mass is 10.2. The van der Waals surface area contributed by atoms with Crippen LogP contribution in [0.4, 0.5) is 0 Å². The Bertz CT molecular complexity index is 739. The predicted molar refractivity (Wildman–Crippen MR) is 80.3 cm³/mol. The van der Waals surface area contributed by atoms with Crippen molar-refractivity contribution in [3.63, 3.8) is 0 Å². The molecule has 0 aliphatic carbocycles. The topological polar surface area (TPSA) is 90.3 Å². The molecule has 7 nitrogen and oxygen atoms in total. The lowest BCUT2D eigenvalue weighted by Gasteiger charge is -2.07. The number of rotatable bonds is 6. The normalized spacial score (nSPS) is 10.4. The highest BCUT2D eigenvalue weighted by atomic mass is 16.5. The van der Waals surface area contributed by atoms with Gasteiger partial charge in [-0.15, -0.1) is 0 Å². The Labute approximate surface area is 126 Å². The summed E-state index contributed by atoms with van der Waals surface area (Å²) in [5.41, 5.74) is 0.345. The van der Waals surface area contributed by atoms with Gasteiger partial charge < -0.3 is 10.1 Å². The Kier molecular flexibility index (Phi) is 5.24. The summed E-state index contributed by atoms with van der Waals surface area (Å²) < 4.78 is 5.77. The molecule has 116 valence electrons. The zero-order valence-electron chi connectivity index (χ0n) is 12.2. The molecule has 1 amide bonds. The molecular formula is C15H17N3O4. The number of methoxy groups -OCH3 is 1. The van der Waals surface area contributed by atoms with Crippen molar-refractivity contribution in [3.8, 4) is 0 Å². The van der Waals surface area contributed by atoms with Gasteiger partial charge in [-0.3, -0.25) is 19.0 Å². The minimum absolute atomic E-state index is 0.102. The zero-order chi connectivity index (χ0) is 15.9. The maximum Gasteiger partial charge on any atom is 0.305 e. The van der Waals surface area contributed by atoms with Crippen molar-refractivity contribution in [1.29, 1.82) is 0 Å². The van der Waals surface area contributed by atoms with E-state index in [1.54, 1.807) is 24.3 Å². The van der Waals surface area contributed by atoms with Crippen LogP contribution in [0.2, 0.25) is 0 Å². The van der Waals surface area contributed by atoms with Gasteiger partial charge in [-0.05, 0) is 18.6 Å². The fraction of sp³-hybridized carbons (Fsp3) is 0.333. The summed E-state index contributed by atoms with van der Waals surface area (Å²) in [6.45, 7) is 0.249. The molecule has 2 aromatic rings. The van der Waals surface area contributed by atoms with Gasteiger partial charge in [-0.2, -0.15) is 0 Å². The number of hydrogen-bond donors (Lipinski definition) is 1. The molecule has 0 saturated heterocycles. The van der Waals surface area contributed by atoms with E-state index in [1.807, 2.05) is 0 Å². The Morgan fingerprint density at radius 3 is 2.86 bits per heavy atom.